The van der Waals surface area contributed by atoms with Gasteiger partial charge >= 0.3 is 0 Å². The van der Waals surface area contributed by atoms with Crippen LogP contribution in [0.4, 0.5) is 11.4 Å². The third kappa shape index (κ3) is 2.72. The fourth-order valence-corrected chi connectivity index (χ4v) is 1.37. The van der Waals surface area contributed by atoms with Crippen molar-refractivity contribution >= 4 is 17.3 Å². The Kier molecular flexibility index (Phi) is 3.33. The summed E-state index contributed by atoms with van der Waals surface area (Å²) >= 11 is 0. The molecule has 0 aliphatic carbocycles. The van der Waals surface area contributed by atoms with Crippen molar-refractivity contribution in [1.82, 2.24) is 15.1 Å². The number of hydrogen-bond donors (Lipinski definition) is 1. The van der Waals surface area contributed by atoms with Crippen molar-refractivity contribution in [2.24, 2.45) is 0 Å². The zero-order chi connectivity index (χ0) is 14.7. The molecule has 1 N–H and O–H groups in total. The highest BCUT2D eigenvalue weighted by Gasteiger charge is 2.20. The van der Waals surface area contributed by atoms with Gasteiger partial charge in [0, 0.05) is 12.1 Å². The number of hydrogen-bond acceptors (Lipinski definition) is 7. The summed E-state index contributed by atoms with van der Waals surface area (Å²) < 4.78 is 0. The molecular formula is C9H6N6O5. The second-order valence-electron chi connectivity index (χ2n) is 3.51. The fourth-order valence-electron chi connectivity index (χ4n) is 1.37. The topological polar surface area (TPSA) is 146 Å². The maximum Gasteiger partial charge on any atom is 0.277 e. The van der Waals surface area contributed by atoms with Gasteiger partial charge in [0.15, 0.2) is 0 Å². The molecule has 1 aromatic heterocycles. The Hall–Kier alpha value is -3.37. The molecule has 0 radical (unpaired) electrons. The Morgan fingerprint density at radius 1 is 1.05 bits per heavy atom. The first kappa shape index (κ1) is 13.1. The quantitative estimate of drug-likeness (QED) is 0.631. The molecule has 0 spiro atoms. The largest absolute Gasteiger partial charge is 0.277 e. The van der Waals surface area contributed by atoms with Gasteiger partial charge in [0.05, 0.1) is 33.9 Å². The number of amides is 1. The van der Waals surface area contributed by atoms with Gasteiger partial charge in [-0.3, -0.25) is 25.0 Å². The molecule has 0 bridgehead atoms. The molecule has 1 heterocycles. The lowest BCUT2D eigenvalue weighted by molar-refractivity contribution is -0.394. The standard InChI is InChI=1S/C9H6N6O5/c16-9(12-15-10-1-2-11-15)6-3-7(13(17)18)5-8(4-6)14(19)20/h1-5H,(H,12,16). The third-order valence-electron chi connectivity index (χ3n) is 2.21. The van der Waals surface area contributed by atoms with Crippen LogP contribution in [0.2, 0.25) is 0 Å². The van der Waals surface area contributed by atoms with Gasteiger partial charge in [-0.05, 0) is 0 Å². The number of aromatic nitrogens is 3. The number of nitrogens with zero attached hydrogens (tertiary/aromatic N) is 5. The van der Waals surface area contributed by atoms with Crippen LogP contribution in [0.5, 0.6) is 0 Å². The van der Waals surface area contributed by atoms with E-state index in [2.05, 4.69) is 15.6 Å². The SMILES string of the molecule is O=C(Nn1nccn1)c1cc([N+](=O)[O-])cc([N+](=O)[O-])c1. The molecular weight excluding hydrogens is 272 g/mol. The van der Waals surface area contributed by atoms with E-state index >= 15 is 0 Å². The van der Waals surface area contributed by atoms with E-state index in [0.29, 0.717) is 0 Å². The predicted molar refractivity (Wildman–Crippen MR) is 63.5 cm³/mol. The summed E-state index contributed by atoms with van der Waals surface area (Å²) in [4.78, 5) is 32.4. The first-order chi connectivity index (χ1) is 9.47. The van der Waals surface area contributed by atoms with E-state index in [1.807, 2.05) is 0 Å². The number of nitro groups is 2. The van der Waals surface area contributed by atoms with Gasteiger partial charge in [-0.1, -0.05) is 4.91 Å². The lowest BCUT2D eigenvalue weighted by Gasteiger charge is -2.03. The Morgan fingerprint density at radius 2 is 1.55 bits per heavy atom. The smallest absolute Gasteiger partial charge is 0.267 e. The lowest BCUT2D eigenvalue weighted by Crippen LogP contribution is -2.25. The van der Waals surface area contributed by atoms with Crippen LogP contribution in [0.25, 0.3) is 0 Å². The van der Waals surface area contributed by atoms with Gasteiger partial charge in [-0.25, -0.2) is 5.43 Å². The van der Waals surface area contributed by atoms with Crippen LogP contribution in [0.1, 0.15) is 10.4 Å². The number of benzene rings is 1. The van der Waals surface area contributed by atoms with E-state index in [1.165, 1.54) is 12.4 Å². The van der Waals surface area contributed by atoms with Crippen molar-refractivity contribution in [3.63, 3.8) is 0 Å². The molecule has 0 unspecified atom stereocenters. The molecule has 2 aromatic rings. The lowest BCUT2D eigenvalue weighted by atomic mass is 10.1. The molecule has 0 fully saturated rings. The van der Waals surface area contributed by atoms with Crippen LogP contribution in [-0.4, -0.2) is 30.9 Å². The molecule has 0 atom stereocenters. The maximum atomic E-state index is 11.8. The molecule has 0 aliphatic heterocycles. The summed E-state index contributed by atoms with van der Waals surface area (Å²) in [6.45, 7) is 0. The second-order valence-corrected chi connectivity index (χ2v) is 3.51. The van der Waals surface area contributed by atoms with Crippen molar-refractivity contribution in [2.45, 2.75) is 0 Å². The minimum atomic E-state index is -0.823. The molecule has 1 aromatic carbocycles. The van der Waals surface area contributed by atoms with Crippen LogP contribution in [-0.2, 0) is 0 Å². The fraction of sp³-hybridized carbons (Fsp3) is 0. The molecule has 0 aliphatic rings. The van der Waals surface area contributed by atoms with Crippen molar-refractivity contribution in [3.8, 4) is 0 Å². The van der Waals surface area contributed by atoms with E-state index in [0.717, 1.165) is 23.1 Å². The summed E-state index contributed by atoms with van der Waals surface area (Å²) in [5, 5.41) is 28.6. The summed E-state index contributed by atoms with van der Waals surface area (Å²) in [5.74, 6) is -0.812. The number of rotatable bonds is 4. The van der Waals surface area contributed by atoms with Crippen LogP contribution in [0.15, 0.2) is 30.6 Å². The average Bonchev–Trinajstić information content (AvgIpc) is 2.90. The summed E-state index contributed by atoms with van der Waals surface area (Å²) in [6.07, 6.45) is 2.60. The summed E-state index contributed by atoms with van der Waals surface area (Å²) in [6, 6.07) is 2.61. The second kappa shape index (κ2) is 5.09. The molecule has 11 nitrogen and oxygen atoms in total. The Labute approximate surface area is 110 Å². The van der Waals surface area contributed by atoms with Gasteiger partial charge in [0.1, 0.15) is 0 Å². The highest BCUT2D eigenvalue weighted by molar-refractivity contribution is 6.00. The minimum Gasteiger partial charge on any atom is -0.267 e. The van der Waals surface area contributed by atoms with Crippen LogP contribution in [0.3, 0.4) is 0 Å². The van der Waals surface area contributed by atoms with Gasteiger partial charge in [-0.2, -0.15) is 0 Å². The van der Waals surface area contributed by atoms with Crippen molar-refractivity contribution in [3.05, 3.63) is 56.4 Å². The first-order valence-corrected chi connectivity index (χ1v) is 5.09. The molecule has 0 saturated carbocycles. The molecule has 2 rings (SSSR count). The Bertz CT molecular complexity index is 650. The molecule has 0 saturated heterocycles. The van der Waals surface area contributed by atoms with Crippen molar-refractivity contribution < 1.29 is 14.6 Å². The number of non-ortho nitro benzene ring substituents is 2. The molecule has 11 heteroatoms. The minimum absolute atomic E-state index is 0.247. The first-order valence-electron chi connectivity index (χ1n) is 5.09. The van der Waals surface area contributed by atoms with E-state index in [-0.39, 0.29) is 5.56 Å². The van der Waals surface area contributed by atoms with Crippen molar-refractivity contribution in [2.75, 3.05) is 5.43 Å². The number of nitrogens with one attached hydrogen (secondary N) is 1. The number of carbonyl (C=O) groups is 1. The Balaban J connectivity index is 2.37. The Morgan fingerprint density at radius 3 is 2.00 bits per heavy atom. The maximum absolute atomic E-state index is 11.8. The zero-order valence-corrected chi connectivity index (χ0v) is 9.66. The summed E-state index contributed by atoms with van der Waals surface area (Å²) in [7, 11) is 0. The predicted octanol–water partition coefficient (Wildman–Crippen LogP) is 0.478. The van der Waals surface area contributed by atoms with Gasteiger partial charge in [-0.15, -0.1) is 10.2 Å². The molecule has 1 amide bonds. The average molecular weight is 278 g/mol. The third-order valence-corrected chi connectivity index (χ3v) is 2.21. The highest BCUT2D eigenvalue weighted by atomic mass is 16.6. The normalized spacial score (nSPS) is 10.0. The van der Waals surface area contributed by atoms with E-state index < -0.39 is 27.1 Å². The highest BCUT2D eigenvalue weighted by Crippen LogP contribution is 2.22. The number of nitro benzene ring substituents is 2. The monoisotopic (exact) mass is 278 g/mol. The van der Waals surface area contributed by atoms with Gasteiger partial charge in [0.25, 0.3) is 17.3 Å². The van der Waals surface area contributed by atoms with E-state index in [9.17, 15) is 25.0 Å². The van der Waals surface area contributed by atoms with E-state index in [1.54, 1.807) is 0 Å². The van der Waals surface area contributed by atoms with Crippen LogP contribution >= 0.6 is 0 Å². The van der Waals surface area contributed by atoms with Crippen LogP contribution in [0, 0.1) is 20.2 Å². The van der Waals surface area contributed by atoms with Gasteiger partial charge in [0.2, 0.25) is 0 Å². The molecule has 20 heavy (non-hydrogen) atoms. The van der Waals surface area contributed by atoms with E-state index in [4.69, 9.17) is 0 Å². The van der Waals surface area contributed by atoms with Crippen LogP contribution < -0.4 is 5.43 Å². The zero-order valence-electron chi connectivity index (χ0n) is 9.66. The van der Waals surface area contributed by atoms with Crippen molar-refractivity contribution in [1.29, 1.82) is 0 Å². The number of carbonyl (C=O) groups excluding carboxylic acids is 1. The molecule has 102 valence electrons. The summed E-state index contributed by atoms with van der Waals surface area (Å²) in [5.41, 5.74) is 0.819. The van der Waals surface area contributed by atoms with Gasteiger partial charge < -0.3 is 0 Å².